The fourth-order valence-electron chi connectivity index (χ4n) is 1.94. The number of amides is 1. The lowest BCUT2D eigenvalue weighted by Crippen LogP contribution is -2.48. The number of hydrogen-bond acceptors (Lipinski definition) is 3. The summed E-state index contributed by atoms with van der Waals surface area (Å²) in [6, 6.07) is 7.37. The summed E-state index contributed by atoms with van der Waals surface area (Å²) < 4.78 is 5.40. The van der Waals surface area contributed by atoms with Gasteiger partial charge in [-0.15, -0.1) is 0 Å². The average molecular weight is 269 g/mol. The van der Waals surface area contributed by atoms with Crippen LogP contribution >= 0.6 is 11.6 Å². The van der Waals surface area contributed by atoms with Gasteiger partial charge in [0.2, 0.25) is 0 Å². The highest BCUT2D eigenvalue weighted by atomic mass is 35.5. The Labute approximate surface area is 112 Å². The zero-order valence-corrected chi connectivity index (χ0v) is 11.0. The summed E-state index contributed by atoms with van der Waals surface area (Å²) in [7, 11) is 0. The van der Waals surface area contributed by atoms with Crippen molar-refractivity contribution >= 4 is 17.5 Å². The van der Waals surface area contributed by atoms with Crippen LogP contribution < -0.4 is 10.6 Å². The van der Waals surface area contributed by atoms with E-state index in [1.165, 1.54) is 0 Å². The molecule has 1 aromatic carbocycles. The van der Waals surface area contributed by atoms with Crippen LogP contribution in [0.3, 0.4) is 0 Å². The second-order valence-corrected chi connectivity index (χ2v) is 4.72. The summed E-state index contributed by atoms with van der Waals surface area (Å²) in [6.07, 6.45) is -0.413. The molecule has 1 heterocycles. The fraction of sp³-hybridized carbons (Fsp3) is 0.462. The van der Waals surface area contributed by atoms with Gasteiger partial charge in [0.1, 0.15) is 6.10 Å². The van der Waals surface area contributed by atoms with Gasteiger partial charge < -0.3 is 15.4 Å². The SMILES string of the molecule is C[C@@H](NC(=O)C1CNCCO1)c1ccccc1Cl. The van der Waals surface area contributed by atoms with E-state index < -0.39 is 6.10 Å². The first-order chi connectivity index (χ1) is 8.68. The van der Waals surface area contributed by atoms with Crippen molar-refractivity contribution in [3.05, 3.63) is 34.9 Å². The van der Waals surface area contributed by atoms with Gasteiger partial charge in [-0.05, 0) is 18.6 Å². The fourth-order valence-corrected chi connectivity index (χ4v) is 2.24. The zero-order chi connectivity index (χ0) is 13.0. The van der Waals surface area contributed by atoms with E-state index in [0.29, 0.717) is 18.2 Å². The molecule has 0 radical (unpaired) electrons. The molecule has 1 amide bonds. The van der Waals surface area contributed by atoms with Crippen molar-refractivity contribution in [3.63, 3.8) is 0 Å². The second-order valence-electron chi connectivity index (χ2n) is 4.32. The minimum atomic E-state index is -0.413. The van der Waals surface area contributed by atoms with Crippen LogP contribution in [0.1, 0.15) is 18.5 Å². The number of carbonyl (C=O) groups is 1. The molecule has 2 N–H and O–H groups in total. The van der Waals surface area contributed by atoms with Crippen molar-refractivity contribution in [1.29, 1.82) is 0 Å². The Morgan fingerprint density at radius 2 is 2.33 bits per heavy atom. The Morgan fingerprint density at radius 3 is 3.00 bits per heavy atom. The summed E-state index contributed by atoms with van der Waals surface area (Å²) in [5.41, 5.74) is 0.913. The highest BCUT2D eigenvalue weighted by molar-refractivity contribution is 6.31. The van der Waals surface area contributed by atoms with E-state index in [-0.39, 0.29) is 11.9 Å². The predicted molar refractivity (Wildman–Crippen MR) is 70.6 cm³/mol. The lowest BCUT2D eigenvalue weighted by Gasteiger charge is -2.25. The van der Waals surface area contributed by atoms with Crippen LogP contribution in [0.25, 0.3) is 0 Å². The molecular formula is C13H17ClN2O2. The number of morpholine rings is 1. The van der Waals surface area contributed by atoms with E-state index >= 15 is 0 Å². The van der Waals surface area contributed by atoms with Crippen molar-refractivity contribution in [3.8, 4) is 0 Å². The van der Waals surface area contributed by atoms with Gasteiger partial charge in [0.25, 0.3) is 5.91 Å². The molecule has 1 aromatic rings. The number of hydrogen-bond donors (Lipinski definition) is 2. The highest BCUT2D eigenvalue weighted by Gasteiger charge is 2.23. The molecule has 0 saturated carbocycles. The van der Waals surface area contributed by atoms with Crippen LogP contribution in [0.2, 0.25) is 5.02 Å². The van der Waals surface area contributed by atoms with Gasteiger partial charge in [-0.3, -0.25) is 4.79 Å². The van der Waals surface area contributed by atoms with Crippen LogP contribution in [0.4, 0.5) is 0 Å². The van der Waals surface area contributed by atoms with Crippen LogP contribution in [0.5, 0.6) is 0 Å². The van der Waals surface area contributed by atoms with Crippen molar-refractivity contribution < 1.29 is 9.53 Å². The molecular weight excluding hydrogens is 252 g/mol. The zero-order valence-electron chi connectivity index (χ0n) is 10.3. The van der Waals surface area contributed by atoms with Crippen LogP contribution in [-0.2, 0) is 9.53 Å². The largest absolute Gasteiger partial charge is 0.366 e. The minimum absolute atomic E-state index is 0.102. The smallest absolute Gasteiger partial charge is 0.250 e. The molecule has 0 spiro atoms. The van der Waals surface area contributed by atoms with Gasteiger partial charge >= 0.3 is 0 Å². The molecule has 0 aliphatic carbocycles. The average Bonchev–Trinajstić information content (AvgIpc) is 2.40. The molecule has 0 aromatic heterocycles. The van der Waals surface area contributed by atoms with Gasteiger partial charge in [-0.25, -0.2) is 0 Å². The third kappa shape index (κ3) is 3.22. The molecule has 4 nitrogen and oxygen atoms in total. The minimum Gasteiger partial charge on any atom is -0.366 e. The molecule has 1 saturated heterocycles. The molecule has 2 rings (SSSR count). The predicted octanol–water partition coefficient (Wildman–Crippen LogP) is 1.51. The summed E-state index contributed by atoms with van der Waals surface area (Å²) in [5, 5.41) is 6.71. The van der Waals surface area contributed by atoms with E-state index in [1.807, 2.05) is 31.2 Å². The summed E-state index contributed by atoms with van der Waals surface area (Å²) >= 11 is 6.09. The number of ether oxygens (including phenoxy) is 1. The second kappa shape index (κ2) is 6.18. The first-order valence-electron chi connectivity index (χ1n) is 6.05. The first kappa shape index (κ1) is 13.3. The number of benzene rings is 1. The first-order valence-corrected chi connectivity index (χ1v) is 6.43. The standard InChI is InChI=1S/C13H17ClN2O2/c1-9(10-4-2-3-5-11(10)14)16-13(17)12-8-15-6-7-18-12/h2-5,9,12,15H,6-8H2,1H3,(H,16,17)/t9-,12?/m1/s1. The van der Waals surface area contributed by atoms with E-state index in [4.69, 9.17) is 16.3 Å². The Kier molecular flexibility index (Phi) is 4.58. The van der Waals surface area contributed by atoms with Gasteiger partial charge in [-0.1, -0.05) is 29.8 Å². The van der Waals surface area contributed by atoms with E-state index in [9.17, 15) is 4.79 Å². The number of carbonyl (C=O) groups excluding carboxylic acids is 1. The summed E-state index contributed by atoms with van der Waals surface area (Å²) in [5.74, 6) is -0.102. The van der Waals surface area contributed by atoms with E-state index in [1.54, 1.807) is 0 Å². The maximum atomic E-state index is 12.0. The maximum Gasteiger partial charge on any atom is 0.250 e. The third-order valence-electron chi connectivity index (χ3n) is 2.95. The van der Waals surface area contributed by atoms with Crippen molar-refractivity contribution in [2.24, 2.45) is 0 Å². The van der Waals surface area contributed by atoms with Crippen LogP contribution in [0, 0.1) is 0 Å². The number of nitrogens with one attached hydrogen (secondary N) is 2. The molecule has 1 aliphatic rings. The van der Waals surface area contributed by atoms with Crippen LogP contribution in [-0.4, -0.2) is 31.7 Å². The van der Waals surface area contributed by atoms with Crippen molar-refractivity contribution in [2.45, 2.75) is 19.1 Å². The van der Waals surface area contributed by atoms with Crippen molar-refractivity contribution in [1.82, 2.24) is 10.6 Å². The molecule has 0 bridgehead atoms. The molecule has 98 valence electrons. The Hall–Kier alpha value is -1.10. The summed E-state index contributed by atoms with van der Waals surface area (Å²) in [4.78, 5) is 12.0. The third-order valence-corrected chi connectivity index (χ3v) is 3.29. The normalized spacial score (nSPS) is 21.3. The van der Waals surface area contributed by atoms with Gasteiger partial charge in [0.15, 0.2) is 0 Å². The van der Waals surface area contributed by atoms with E-state index in [2.05, 4.69) is 10.6 Å². The Bertz CT molecular complexity index is 419. The molecule has 1 fully saturated rings. The van der Waals surface area contributed by atoms with Crippen molar-refractivity contribution in [2.75, 3.05) is 19.7 Å². The highest BCUT2D eigenvalue weighted by Crippen LogP contribution is 2.22. The van der Waals surface area contributed by atoms with Gasteiger partial charge in [0.05, 0.1) is 12.6 Å². The van der Waals surface area contributed by atoms with Crippen LogP contribution in [0.15, 0.2) is 24.3 Å². The molecule has 1 aliphatic heterocycles. The van der Waals surface area contributed by atoms with Gasteiger partial charge in [0, 0.05) is 18.1 Å². The monoisotopic (exact) mass is 268 g/mol. The number of rotatable bonds is 3. The van der Waals surface area contributed by atoms with E-state index in [0.717, 1.165) is 12.1 Å². The van der Waals surface area contributed by atoms with Gasteiger partial charge in [-0.2, -0.15) is 0 Å². The lowest BCUT2D eigenvalue weighted by atomic mass is 10.1. The topological polar surface area (TPSA) is 50.4 Å². The molecule has 1 unspecified atom stereocenters. The lowest BCUT2D eigenvalue weighted by molar-refractivity contribution is -0.134. The molecule has 5 heteroatoms. The molecule has 2 atom stereocenters. The maximum absolute atomic E-state index is 12.0. The Balaban J connectivity index is 1.96. The molecule has 18 heavy (non-hydrogen) atoms. The number of halogens is 1. The summed E-state index contributed by atoms with van der Waals surface area (Å²) in [6.45, 7) is 3.83. The Morgan fingerprint density at radius 1 is 1.56 bits per heavy atom. The quantitative estimate of drug-likeness (QED) is 0.874.